The molecule has 1 amide bonds. The second kappa shape index (κ2) is 9.70. The van der Waals surface area contributed by atoms with Gasteiger partial charge in [0.15, 0.2) is 11.5 Å². The third-order valence-corrected chi connectivity index (χ3v) is 4.29. The molecule has 150 valence electrons. The van der Waals surface area contributed by atoms with Gasteiger partial charge in [0, 0.05) is 12.6 Å². The molecule has 2 aromatic carbocycles. The molecule has 0 fully saturated rings. The number of nitro groups is 1. The number of likely N-dealkylation sites (N-methyl/N-ethyl adjacent to an activating group) is 1. The molecular formula is C20H25N3O5. The Hall–Kier alpha value is -3.13. The molecule has 0 aliphatic rings. The number of nitrogens with zero attached hydrogens (tertiary/aromatic N) is 2. The summed E-state index contributed by atoms with van der Waals surface area (Å²) in [5.41, 5.74) is 1.81. The third-order valence-electron chi connectivity index (χ3n) is 4.29. The monoisotopic (exact) mass is 387 g/mol. The van der Waals surface area contributed by atoms with Crippen LogP contribution in [0.25, 0.3) is 0 Å². The van der Waals surface area contributed by atoms with Gasteiger partial charge in [-0.05, 0) is 42.8 Å². The molecule has 0 heterocycles. The minimum atomic E-state index is -0.496. The Morgan fingerprint density at radius 3 is 2.46 bits per heavy atom. The lowest BCUT2D eigenvalue weighted by Gasteiger charge is -2.20. The van der Waals surface area contributed by atoms with E-state index in [1.807, 2.05) is 30.0 Å². The fourth-order valence-electron chi connectivity index (χ4n) is 2.81. The van der Waals surface area contributed by atoms with Crippen molar-refractivity contribution < 1.29 is 19.2 Å². The van der Waals surface area contributed by atoms with Crippen LogP contribution in [-0.2, 0) is 11.3 Å². The first-order valence-electron chi connectivity index (χ1n) is 8.86. The van der Waals surface area contributed by atoms with E-state index in [4.69, 9.17) is 9.47 Å². The standard InChI is InChI=1S/C20H25N3O5/c1-5-22(12-15-7-9-18(27-3)19(11-15)28-4)13-20(24)21-16-8-6-14(2)10-17(16)23(25)26/h6-11H,5,12-13H2,1-4H3,(H,21,24). The summed E-state index contributed by atoms with van der Waals surface area (Å²) in [7, 11) is 3.14. The normalized spacial score (nSPS) is 10.6. The summed E-state index contributed by atoms with van der Waals surface area (Å²) in [6.07, 6.45) is 0. The maximum atomic E-state index is 12.4. The first-order chi connectivity index (χ1) is 13.4. The lowest BCUT2D eigenvalue weighted by atomic mass is 10.1. The van der Waals surface area contributed by atoms with Crippen LogP contribution < -0.4 is 14.8 Å². The largest absolute Gasteiger partial charge is 0.493 e. The highest BCUT2D eigenvalue weighted by Crippen LogP contribution is 2.28. The van der Waals surface area contributed by atoms with Gasteiger partial charge in [-0.3, -0.25) is 19.8 Å². The molecule has 0 aliphatic heterocycles. The van der Waals surface area contributed by atoms with Gasteiger partial charge in [-0.2, -0.15) is 0 Å². The van der Waals surface area contributed by atoms with Gasteiger partial charge in [-0.15, -0.1) is 0 Å². The van der Waals surface area contributed by atoms with Gasteiger partial charge in [0.2, 0.25) is 5.91 Å². The topological polar surface area (TPSA) is 93.9 Å². The molecular weight excluding hydrogens is 362 g/mol. The average Bonchev–Trinajstić information content (AvgIpc) is 2.68. The predicted molar refractivity (Wildman–Crippen MR) is 107 cm³/mol. The number of hydrogen-bond acceptors (Lipinski definition) is 6. The zero-order chi connectivity index (χ0) is 20.7. The molecule has 8 heteroatoms. The second-order valence-corrected chi connectivity index (χ2v) is 6.32. The first-order valence-corrected chi connectivity index (χ1v) is 8.86. The molecule has 0 unspecified atom stereocenters. The van der Waals surface area contributed by atoms with Crippen LogP contribution in [-0.4, -0.2) is 43.0 Å². The highest BCUT2D eigenvalue weighted by molar-refractivity contribution is 5.94. The van der Waals surface area contributed by atoms with Gasteiger partial charge >= 0.3 is 0 Å². The number of benzene rings is 2. The van der Waals surface area contributed by atoms with Gasteiger partial charge in [0.1, 0.15) is 5.69 Å². The molecule has 8 nitrogen and oxygen atoms in total. The van der Waals surface area contributed by atoms with Crippen molar-refractivity contribution in [1.29, 1.82) is 0 Å². The molecule has 0 atom stereocenters. The third kappa shape index (κ3) is 5.43. The fourth-order valence-corrected chi connectivity index (χ4v) is 2.81. The summed E-state index contributed by atoms with van der Waals surface area (Å²) in [5.74, 6) is 0.948. The van der Waals surface area contributed by atoms with Gasteiger partial charge in [-0.1, -0.05) is 19.1 Å². The Morgan fingerprint density at radius 2 is 1.86 bits per heavy atom. The Balaban J connectivity index is 2.07. The summed E-state index contributed by atoms with van der Waals surface area (Å²) < 4.78 is 10.5. The van der Waals surface area contributed by atoms with E-state index in [-0.39, 0.29) is 23.8 Å². The number of carbonyl (C=O) groups is 1. The maximum absolute atomic E-state index is 12.4. The van der Waals surface area contributed by atoms with E-state index in [1.54, 1.807) is 33.3 Å². The predicted octanol–water partition coefficient (Wildman–Crippen LogP) is 3.38. The molecule has 0 radical (unpaired) electrons. The minimum Gasteiger partial charge on any atom is -0.493 e. The van der Waals surface area contributed by atoms with Gasteiger partial charge in [0.05, 0.1) is 25.7 Å². The highest BCUT2D eigenvalue weighted by Gasteiger charge is 2.18. The van der Waals surface area contributed by atoms with Gasteiger partial charge in [-0.25, -0.2) is 0 Å². The number of aryl methyl sites for hydroxylation is 1. The van der Waals surface area contributed by atoms with Crippen molar-refractivity contribution >= 4 is 17.3 Å². The SMILES string of the molecule is CCN(CC(=O)Nc1ccc(C)cc1[N+](=O)[O-])Cc1ccc(OC)c(OC)c1. The Labute approximate surface area is 164 Å². The maximum Gasteiger partial charge on any atom is 0.293 e. The van der Waals surface area contributed by atoms with Crippen LogP contribution in [0.5, 0.6) is 11.5 Å². The number of amides is 1. The van der Waals surface area contributed by atoms with E-state index in [9.17, 15) is 14.9 Å². The summed E-state index contributed by atoms with van der Waals surface area (Å²) in [5, 5.41) is 13.9. The number of methoxy groups -OCH3 is 2. The number of rotatable bonds is 9. The molecule has 0 saturated heterocycles. The molecule has 0 aliphatic carbocycles. The number of carbonyl (C=O) groups excluding carboxylic acids is 1. The summed E-state index contributed by atoms with van der Waals surface area (Å²) >= 11 is 0. The van der Waals surface area contributed by atoms with Crippen molar-refractivity contribution in [2.45, 2.75) is 20.4 Å². The van der Waals surface area contributed by atoms with Crippen molar-refractivity contribution in [3.63, 3.8) is 0 Å². The van der Waals surface area contributed by atoms with Crippen LogP contribution in [0.1, 0.15) is 18.1 Å². The summed E-state index contributed by atoms with van der Waals surface area (Å²) in [6, 6.07) is 10.3. The molecule has 0 bridgehead atoms. The summed E-state index contributed by atoms with van der Waals surface area (Å²) in [6.45, 7) is 4.98. The molecule has 2 aromatic rings. The summed E-state index contributed by atoms with van der Waals surface area (Å²) in [4.78, 5) is 25.1. The van der Waals surface area contributed by atoms with E-state index in [0.717, 1.165) is 11.1 Å². The Morgan fingerprint density at radius 1 is 1.14 bits per heavy atom. The number of anilines is 1. The van der Waals surface area contributed by atoms with Gasteiger partial charge in [0.25, 0.3) is 5.69 Å². The van der Waals surface area contributed by atoms with Crippen molar-refractivity contribution in [2.75, 3.05) is 32.6 Å². The number of nitro benzene ring substituents is 1. The fraction of sp³-hybridized carbons (Fsp3) is 0.350. The van der Waals surface area contributed by atoms with Crippen LogP contribution in [0, 0.1) is 17.0 Å². The second-order valence-electron chi connectivity index (χ2n) is 6.32. The van der Waals surface area contributed by atoms with Gasteiger partial charge < -0.3 is 14.8 Å². The lowest BCUT2D eigenvalue weighted by Crippen LogP contribution is -2.32. The van der Waals surface area contributed by atoms with Crippen LogP contribution in [0.2, 0.25) is 0 Å². The molecule has 2 rings (SSSR count). The zero-order valence-corrected chi connectivity index (χ0v) is 16.5. The number of hydrogen-bond donors (Lipinski definition) is 1. The molecule has 0 saturated carbocycles. The van der Waals surface area contributed by atoms with Crippen molar-refractivity contribution in [3.8, 4) is 11.5 Å². The van der Waals surface area contributed by atoms with Crippen LogP contribution in [0.3, 0.4) is 0 Å². The molecule has 0 aromatic heterocycles. The zero-order valence-electron chi connectivity index (χ0n) is 16.5. The molecule has 1 N–H and O–H groups in total. The smallest absolute Gasteiger partial charge is 0.293 e. The first kappa shape index (κ1) is 21.2. The Kier molecular flexibility index (Phi) is 7.34. The van der Waals surface area contributed by atoms with E-state index in [2.05, 4.69) is 5.32 Å². The van der Waals surface area contributed by atoms with E-state index < -0.39 is 4.92 Å². The number of ether oxygens (including phenoxy) is 2. The van der Waals surface area contributed by atoms with E-state index in [0.29, 0.717) is 24.6 Å². The molecule has 0 spiro atoms. The lowest BCUT2D eigenvalue weighted by molar-refractivity contribution is -0.384. The van der Waals surface area contributed by atoms with E-state index >= 15 is 0 Å². The molecule has 28 heavy (non-hydrogen) atoms. The minimum absolute atomic E-state index is 0.107. The quantitative estimate of drug-likeness (QED) is 0.524. The average molecular weight is 387 g/mol. The van der Waals surface area contributed by atoms with Crippen molar-refractivity contribution in [1.82, 2.24) is 4.90 Å². The van der Waals surface area contributed by atoms with Crippen molar-refractivity contribution in [3.05, 3.63) is 57.6 Å². The Bertz CT molecular complexity index is 854. The van der Waals surface area contributed by atoms with Crippen molar-refractivity contribution in [2.24, 2.45) is 0 Å². The number of nitrogens with one attached hydrogen (secondary N) is 1. The van der Waals surface area contributed by atoms with Crippen LogP contribution in [0.4, 0.5) is 11.4 Å². The van der Waals surface area contributed by atoms with Crippen LogP contribution >= 0.6 is 0 Å². The van der Waals surface area contributed by atoms with Crippen LogP contribution in [0.15, 0.2) is 36.4 Å². The highest BCUT2D eigenvalue weighted by atomic mass is 16.6. The van der Waals surface area contributed by atoms with E-state index in [1.165, 1.54) is 6.07 Å².